The molecule has 0 radical (unpaired) electrons. The van der Waals surface area contributed by atoms with Crippen LogP contribution in [-0.4, -0.2) is 16.2 Å². The van der Waals surface area contributed by atoms with Crippen molar-refractivity contribution in [1.82, 2.24) is 0 Å². The monoisotopic (exact) mass is 335 g/mol. The highest BCUT2D eigenvalue weighted by molar-refractivity contribution is 6.30. The molecule has 5 heteroatoms. The van der Waals surface area contributed by atoms with Gasteiger partial charge in [-0.3, -0.25) is 0 Å². The Kier molecular flexibility index (Phi) is 6.08. The van der Waals surface area contributed by atoms with Crippen molar-refractivity contribution in [2.75, 3.05) is 0 Å². The average molecular weight is 336 g/mol. The van der Waals surface area contributed by atoms with E-state index in [1.807, 2.05) is 13.8 Å². The Morgan fingerprint density at radius 2 is 2.10 bits per heavy atom. The number of rotatable bonds is 3. The molecule has 1 fully saturated rings. The van der Waals surface area contributed by atoms with Gasteiger partial charge < -0.3 is 10.8 Å². The zero-order valence-electron chi connectivity index (χ0n) is 12.5. The van der Waals surface area contributed by atoms with E-state index in [1.165, 1.54) is 6.07 Å². The van der Waals surface area contributed by atoms with Crippen molar-refractivity contribution in [2.45, 2.75) is 57.1 Å². The highest BCUT2D eigenvalue weighted by Crippen LogP contribution is 2.41. The van der Waals surface area contributed by atoms with Crippen LogP contribution in [0.2, 0.25) is 5.02 Å². The zero-order chi connectivity index (χ0) is 15.0. The van der Waals surface area contributed by atoms with Crippen LogP contribution in [-0.2, 0) is 6.42 Å². The molecule has 2 atom stereocenters. The second-order valence-electron chi connectivity index (χ2n) is 6.64. The van der Waals surface area contributed by atoms with Gasteiger partial charge in [-0.25, -0.2) is 4.39 Å². The van der Waals surface area contributed by atoms with E-state index in [2.05, 4.69) is 0 Å². The van der Waals surface area contributed by atoms with Crippen LogP contribution in [0.25, 0.3) is 0 Å². The van der Waals surface area contributed by atoms with Gasteiger partial charge in [0.1, 0.15) is 5.82 Å². The molecule has 2 nitrogen and oxygen atoms in total. The highest BCUT2D eigenvalue weighted by Gasteiger charge is 2.45. The number of benzene rings is 1. The van der Waals surface area contributed by atoms with Crippen LogP contribution < -0.4 is 5.73 Å². The van der Waals surface area contributed by atoms with Crippen LogP contribution in [0.3, 0.4) is 0 Å². The average Bonchev–Trinajstić information content (AvgIpc) is 2.32. The first-order valence-electron chi connectivity index (χ1n) is 7.17. The molecule has 1 saturated carbocycles. The molecule has 21 heavy (non-hydrogen) atoms. The fourth-order valence-corrected chi connectivity index (χ4v) is 3.65. The number of hydrogen-bond acceptors (Lipinski definition) is 2. The molecule has 120 valence electrons. The molecule has 0 saturated heterocycles. The SMILES string of the molecule is CC(C)(N)[C@@H]1CCCC[C@@]1(O)Cc1ccc(Cl)cc1F.Cl. The summed E-state index contributed by atoms with van der Waals surface area (Å²) < 4.78 is 14.0. The Bertz CT molecular complexity index is 490. The summed E-state index contributed by atoms with van der Waals surface area (Å²) in [5.41, 5.74) is 5.32. The van der Waals surface area contributed by atoms with Crippen molar-refractivity contribution >= 4 is 24.0 Å². The van der Waals surface area contributed by atoms with Crippen LogP contribution in [0, 0.1) is 11.7 Å². The predicted octanol–water partition coefficient (Wildman–Crippen LogP) is 4.10. The third-order valence-electron chi connectivity index (χ3n) is 4.41. The van der Waals surface area contributed by atoms with E-state index < -0.39 is 11.1 Å². The number of aliphatic hydroxyl groups is 1. The second-order valence-corrected chi connectivity index (χ2v) is 7.07. The van der Waals surface area contributed by atoms with Crippen molar-refractivity contribution < 1.29 is 9.50 Å². The Balaban J connectivity index is 0.00000220. The van der Waals surface area contributed by atoms with E-state index in [9.17, 15) is 9.50 Å². The summed E-state index contributed by atoms with van der Waals surface area (Å²) in [6, 6.07) is 4.62. The van der Waals surface area contributed by atoms with Crippen molar-refractivity contribution in [3.05, 3.63) is 34.6 Å². The predicted molar refractivity (Wildman–Crippen MR) is 87.5 cm³/mol. The largest absolute Gasteiger partial charge is 0.389 e. The van der Waals surface area contributed by atoms with E-state index in [4.69, 9.17) is 17.3 Å². The first-order chi connectivity index (χ1) is 9.22. The lowest BCUT2D eigenvalue weighted by Crippen LogP contribution is -2.56. The first kappa shape index (κ1) is 18.7. The lowest BCUT2D eigenvalue weighted by Gasteiger charge is -2.46. The summed E-state index contributed by atoms with van der Waals surface area (Å²) in [5.74, 6) is -0.385. The van der Waals surface area contributed by atoms with Crippen LogP contribution in [0.1, 0.15) is 45.1 Å². The molecule has 0 aromatic heterocycles. The summed E-state index contributed by atoms with van der Waals surface area (Å²) >= 11 is 5.77. The molecule has 1 aromatic carbocycles. The van der Waals surface area contributed by atoms with Crippen molar-refractivity contribution in [3.63, 3.8) is 0 Å². The Morgan fingerprint density at radius 1 is 1.43 bits per heavy atom. The topological polar surface area (TPSA) is 46.2 Å². The smallest absolute Gasteiger partial charge is 0.127 e. The van der Waals surface area contributed by atoms with Gasteiger partial charge in [0.15, 0.2) is 0 Å². The number of hydrogen-bond donors (Lipinski definition) is 2. The van der Waals surface area contributed by atoms with E-state index in [1.54, 1.807) is 12.1 Å². The first-order valence-corrected chi connectivity index (χ1v) is 7.55. The summed E-state index contributed by atoms with van der Waals surface area (Å²) in [4.78, 5) is 0. The van der Waals surface area contributed by atoms with Gasteiger partial charge in [0, 0.05) is 22.9 Å². The lowest BCUT2D eigenvalue weighted by molar-refractivity contribution is -0.0721. The molecular weight excluding hydrogens is 312 g/mol. The minimum Gasteiger partial charge on any atom is -0.389 e. The zero-order valence-corrected chi connectivity index (χ0v) is 14.1. The minimum atomic E-state index is -0.939. The molecule has 1 aliphatic carbocycles. The van der Waals surface area contributed by atoms with Crippen LogP contribution in [0.15, 0.2) is 18.2 Å². The quantitative estimate of drug-likeness (QED) is 0.873. The van der Waals surface area contributed by atoms with E-state index in [0.29, 0.717) is 23.4 Å². The van der Waals surface area contributed by atoms with Gasteiger partial charge in [-0.05, 0) is 44.4 Å². The normalized spacial score (nSPS) is 26.3. The molecular formula is C16H24Cl2FNO. The maximum absolute atomic E-state index is 14.0. The van der Waals surface area contributed by atoms with E-state index in [-0.39, 0.29) is 24.1 Å². The third kappa shape index (κ3) is 4.32. The molecule has 0 spiro atoms. The van der Waals surface area contributed by atoms with E-state index >= 15 is 0 Å². The van der Waals surface area contributed by atoms with Crippen molar-refractivity contribution in [3.8, 4) is 0 Å². The van der Waals surface area contributed by atoms with E-state index in [0.717, 1.165) is 19.3 Å². The molecule has 1 aliphatic rings. The second kappa shape index (κ2) is 6.82. The van der Waals surface area contributed by atoms with Gasteiger partial charge in [-0.2, -0.15) is 0 Å². The standard InChI is InChI=1S/C16H23ClFNO.ClH/c1-15(2,19)14-5-3-4-8-16(14,20)10-11-6-7-12(17)9-13(11)18;/h6-7,9,14,20H,3-5,8,10,19H2,1-2H3;1H/t14-,16+;/m0./s1. The Hall–Kier alpha value is -0.350. The molecule has 0 unspecified atom stereocenters. The summed E-state index contributed by atoms with van der Waals surface area (Å²) in [7, 11) is 0. The summed E-state index contributed by atoms with van der Waals surface area (Å²) in [5, 5.41) is 11.4. The molecule has 0 heterocycles. The van der Waals surface area contributed by atoms with Crippen molar-refractivity contribution in [1.29, 1.82) is 0 Å². The summed E-state index contributed by atoms with van der Waals surface area (Å²) in [6.07, 6.45) is 3.87. The Morgan fingerprint density at radius 3 is 2.67 bits per heavy atom. The third-order valence-corrected chi connectivity index (χ3v) is 4.65. The van der Waals surface area contributed by atoms with Crippen LogP contribution in [0.4, 0.5) is 4.39 Å². The van der Waals surface area contributed by atoms with Gasteiger partial charge in [0.2, 0.25) is 0 Å². The molecule has 0 amide bonds. The number of nitrogens with two attached hydrogens (primary N) is 1. The maximum atomic E-state index is 14.0. The van der Waals surface area contributed by atoms with Gasteiger partial charge >= 0.3 is 0 Å². The molecule has 0 aliphatic heterocycles. The minimum absolute atomic E-state index is 0. The molecule has 3 N–H and O–H groups in total. The van der Waals surface area contributed by atoms with Crippen LogP contribution in [0.5, 0.6) is 0 Å². The highest BCUT2D eigenvalue weighted by atomic mass is 35.5. The summed E-state index contributed by atoms with van der Waals surface area (Å²) in [6.45, 7) is 3.87. The fourth-order valence-electron chi connectivity index (χ4n) is 3.49. The van der Waals surface area contributed by atoms with Crippen molar-refractivity contribution in [2.24, 2.45) is 11.7 Å². The lowest BCUT2D eigenvalue weighted by atomic mass is 9.65. The molecule has 1 aromatic rings. The van der Waals surface area contributed by atoms with Crippen LogP contribution >= 0.6 is 24.0 Å². The van der Waals surface area contributed by atoms with Gasteiger partial charge in [0.05, 0.1) is 5.60 Å². The van der Waals surface area contributed by atoms with Gasteiger partial charge in [0.25, 0.3) is 0 Å². The Labute approximate surface area is 137 Å². The maximum Gasteiger partial charge on any atom is 0.127 e. The molecule has 2 rings (SSSR count). The molecule has 0 bridgehead atoms. The van der Waals surface area contributed by atoms with Gasteiger partial charge in [-0.1, -0.05) is 30.5 Å². The number of halogens is 3. The fraction of sp³-hybridized carbons (Fsp3) is 0.625. The van der Waals surface area contributed by atoms with Gasteiger partial charge in [-0.15, -0.1) is 12.4 Å².